The van der Waals surface area contributed by atoms with E-state index in [0.717, 1.165) is 24.3 Å². The molecule has 2 rings (SSSR count). The second-order valence-electron chi connectivity index (χ2n) is 6.02. The van der Waals surface area contributed by atoms with Crippen molar-refractivity contribution < 1.29 is 4.79 Å². The highest BCUT2D eigenvalue weighted by Gasteiger charge is 2.25. The molecule has 2 N–H and O–H groups in total. The van der Waals surface area contributed by atoms with Crippen LogP contribution >= 0.6 is 0 Å². The normalized spacial score (nSPS) is 15.5. The zero-order valence-electron chi connectivity index (χ0n) is 12.9. The number of carbonyl (C=O) groups is 1. The van der Waals surface area contributed by atoms with Crippen molar-refractivity contribution >= 4 is 17.3 Å². The lowest BCUT2D eigenvalue weighted by atomic mass is 10.0. The van der Waals surface area contributed by atoms with Crippen LogP contribution in [0, 0.1) is 6.92 Å². The molecule has 1 aromatic carbocycles. The summed E-state index contributed by atoms with van der Waals surface area (Å²) in [5.74, 6) is -0.0166. The van der Waals surface area contributed by atoms with Crippen LogP contribution in [0.5, 0.6) is 0 Å². The van der Waals surface area contributed by atoms with Gasteiger partial charge in [-0.3, -0.25) is 4.79 Å². The van der Waals surface area contributed by atoms with Gasteiger partial charge in [0.15, 0.2) is 0 Å². The predicted octanol–water partition coefficient (Wildman–Crippen LogP) is 2.53. The Morgan fingerprint density at radius 3 is 2.45 bits per heavy atom. The summed E-state index contributed by atoms with van der Waals surface area (Å²) < 4.78 is 0. The van der Waals surface area contributed by atoms with Crippen molar-refractivity contribution in [1.29, 1.82) is 0 Å². The monoisotopic (exact) mass is 275 g/mol. The van der Waals surface area contributed by atoms with Crippen molar-refractivity contribution in [1.82, 2.24) is 5.32 Å². The average Bonchev–Trinajstić information content (AvgIpc) is 2.94. The number of hydrogen-bond donors (Lipinski definition) is 2. The zero-order valence-corrected chi connectivity index (χ0v) is 12.9. The zero-order chi connectivity index (χ0) is 14.8. The maximum atomic E-state index is 12.2. The van der Waals surface area contributed by atoms with Crippen molar-refractivity contribution in [3.05, 3.63) is 23.8 Å². The van der Waals surface area contributed by atoms with E-state index in [9.17, 15) is 4.79 Å². The third-order valence-electron chi connectivity index (χ3n) is 4.12. The molecule has 1 heterocycles. The van der Waals surface area contributed by atoms with Gasteiger partial charge >= 0.3 is 0 Å². The summed E-state index contributed by atoms with van der Waals surface area (Å²) in [7, 11) is 1.79. The predicted molar refractivity (Wildman–Crippen MR) is 84.4 cm³/mol. The molecule has 110 valence electrons. The highest BCUT2D eigenvalue weighted by atomic mass is 16.2. The molecule has 1 aromatic rings. The molecule has 4 nitrogen and oxygen atoms in total. The van der Waals surface area contributed by atoms with Crippen LogP contribution in [0.3, 0.4) is 0 Å². The minimum absolute atomic E-state index is 0.0166. The van der Waals surface area contributed by atoms with Gasteiger partial charge in [0.2, 0.25) is 5.91 Å². The lowest BCUT2D eigenvalue weighted by molar-refractivity contribution is -0.121. The Kier molecular flexibility index (Phi) is 4.33. The first-order valence-electron chi connectivity index (χ1n) is 7.30. The molecule has 0 bridgehead atoms. The summed E-state index contributed by atoms with van der Waals surface area (Å²) in [6, 6.07) is 6.26. The van der Waals surface area contributed by atoms with Crippen LogP contribution in [0.25, 0.3) is 0 Å². The van der Waals surface area contributed by atoms with Crippen LogP contribution in [0.1, 0.15) is 32.3 Å². The number of amides is 1. The fraction of sp³-hybridized carbons (Fsp3) is 0.562. The van der Waals surface area contributed by atoms with Crippen molar-refractivity contribution in [3.63, 3.8) is 0 Å². The maximum Gasteiger partial charge on any atom is 0.244 e. The van der Waals surface area contributed by atoms with Gasteiger partial charge in [0.1, 0.15) is 0 Å². The van der Waals surface area contributed by atoms with E-state index >= 15 is 0 Å². The van der Waals surface area contributed by atoms with Gasteiger partial charge in [0, 0.05) is 24.5 Å². The van der Waals surface area contributed by atoms with Crippen LogP contribution in [0.15, 0.2) is 18.2 Å². The standard InChI is InChI=1S/C16H25N3O/c1-12-11-13(19-9-5-6-10-19)7-8-14(12)18-15(20)16(2,3)17-4/h7-8,11,17H,5-6,9-10H2,1-4H3,(H,18,20). The van der Waals surface area contributed by atoms with Crippen LogP contribution in [0.4, 0.5) is 11.4 Å². The third-order valence-corrected chi connectivity index (χ3v) is 4.12. The minimum Gasteiger partial charge on any atom is -0.372 e. The molecular formula is C16H25N3O. The molecule has 0 spiro atoms. The van der Waals surface area contributed by atoms with Crippen molar-refractivity contribution in [2.24, 2.45) is 0 Å². The van der Waals surface area contributed by atoms with Gasteiger partial charge in [-0.2, -0.15) is 0 Å². The first-order chi connectivity index (χ1) is 9.44. The first-order valence-corrected chi connectivity index (χ1v) is 7.30. The Morgan fingerprint density at radius 2 is 1.90 bits per heavy atom. The molecule has 0 atom stereocenters. The minimum atomic E-state index is -0.569. The number of anilines is 2. The van der Waals surface area contributed by atoms with E-state index < -0.39 is 5.54 Å². The molecule has 1 saturated heterocycles. The van der Waals surface area contributed by atoms with Gasteiger partial charge in [-0.1, -0.05) is 0 Å². The smallest absolute Gasteiger partial charge is 0.244 e. The van der Waals surface area contributed by atoms with Crippen molar-refractivity contribution in [2.45, 2.75) is 39.2 Å². The second kappa shape index (κ2) is 5.83. The van der Waals surface area contributed by atoms with E-state index in [2.05, 4.69) is 27.7 Å². The van der Waals surface area contributed by atoms with E-state index in [1.54, 1.807) is 7.05 Å². The number of hydrogen-bond acceptors (Lipinski definition) is 3. The Hall–Kier alpha value is -1.55. The number of benzene rings is 1. The van der Waals surface area contributed by atoms with Crippen LogP contribution in [0.2, 0.25) is 0 Å². The molecule has 0 radical (unpaired) electrons. The molecule has 1 amide bonds. The molecular weight excluding hydrogens is 250 g/mol. The number of aryl methyl sites for hydroxylation is 1. The van der Waals surface area contributed by atoms with Crippen LogP contribution in [-0.2, 0) is 4.79 Å². The lowest BCUT2D eigenvalue weighted by Crippen LogP contribution is -2.48. The highest BCUT2D eigenvalue weighted by molar-refractivity contribution is 5.98. The van der Waals surface area contributed by atoms with Crippen LogP contribution in [-0.4, -0.2) is 31.6 Å². The Morgan fingerprint density at radius 1 is 1.25 bits per heavy atom. The van der Waals surface area contributed by atoms with Crippen molar-refractivity contribution in [2.75, 3.05) is 30.4 Å². The maximum absolute atomic E-state index is 12.2. The second-order valence-corrected chi connectivity index (χ2v) is 6.02. The van der Waals surface area contributed by atoms with Gasteiger partial charge < -0.3 is 15.5 Å². The van der Waals surface area contributed by atoms with E-state index in [1.807, 2.05) is 26.8 Å². The number of nitrogens with zero attached hydrogens (tertiary/aromatic N) is 1. The average molecular weight is 275 g/mol. The lowest BCUT2D eigenvalue weighted by Gasteiger charge is -2.24. The molecule has 0 unspecified atom stereocenters. The molecule has 4 heteroatoms. The summed E-state index contributed by atoms with van der Waals surface area (Å²) in [5.41, 5.74) is 2.68. The number of rotatable bonds is 4. The van der Waals surface area contributed by atoms with Crippen LogP contribution < -0.4 is 15.5 Å². The van der Waals surface area contributed by atoms with Gasteiger partial charge in [0.25, 0.3) is 0 Å². The topological polar surface area (TPSA) is 44.4 Å². The van der Waals surface area contributed by atoms with E-state index in [-0.39, 0.29) is 5.91 Å². The Bertz CT molecular complexity index is 490. The fourth-order valence-electron chi connectivity index (χ4n) is 2.35. The number of carbonyl (C=O) groups excluding carboxylic acids is 1. The fourth-order valence-corrected chi connectivity index (χ4v) is 2.35. The van der Waals surface area contributed by atoms with Gasteiger partial charge in [-0.05, 0) is 64.4 Å². The molecule has 1 fully saturated rings. The highest BCUT2D eigenvalue weighted by Crippen LogP contribution is 2.26. The molecule has 1 aliphatic heterocycles. The van der Waals surface area contributed by atoms with E-state index in [4.69, 9.17) is 0 Å². The van der Waals surface area contributed by atoms with E-state index in [0.29, 0.717) is 0 Å². The summed E-state index contributed by atoms with van der Waals surface area (Å²) in [5, 5.41) is 6.02. The van der Waals surface area contributed by atoms with Gasteiger partial charge in [-0.25, -0.2) is 0 Å². The summed E-state index contributed by atoms with van der Waals surface area (Å²) in [6.07, 6.45) is 2.54. The summed E-state index contributed by atoms with van der Waals surface area (Å²) >= 11 is 0. The molecule has 0 aliphatic carbocycles. The number of likely N-dealkylation sites (N-methyl/N-ethyl adjacent to an activating group) is 1. The van der Waals surface area contributed by atoms with E-state index in [1.165, 1.54) is 18.5 Å². The third kappa shape index (κ3) is 3.12. The quantitative estimate of drug-likeness (QED) is 0.887. The summed E-state index contributed by atoms with van der Waals surface area (Å²) in [4.78, 5) is 14.6. The molecule has 20 heavy (non-hydrogen) atoms. The molecule has 0 aromatic heterocycles. The largest absolute Gasteiger partial charge is 0.372 e. The van der Waals surface area contributed by atoms with Gasteiger partial charge in [-0.15, -0.1) is 0 Å². The Labute approximate surface area is 121 Å². The first kappa shape index (κ1) is 14.9. The Balaban J connectivity index is 2.12. The SMILES string of the molecule is CNC(C)(C)C(=O)Nc1ccc(N2CCCC2)cc1C. The molecule has 0 saturated carbocycles. The molecule has 1 aliphatic rings. The summed E-state index contributed by atoms with van der Waals surface area (Å²) in [6.45, 7) is 8.06. The van der Waals surface area contributed by atoms with Crippen molar-refractivity contribution in [3.8, 4) is 0 Å². The number of nitrogens with one attached hydrogen (secondary N) is 2. The van der Waals surface area contributed by atoms with Gasteiger partial charge in [0.05, 0.1) is 5.54 Å².